The molecule has 0 spiro atoms. The van der Waals surface area contributed by atoms with Crippen molar-refractivity contribution in [3.8, 4) is 17.6 Å². The van der Waals surface area contributed by atoms with Crippen LogP contribution < -0.4 is 14.8 Å². The highest BCUT2D eigenvalue weighted by Crippen LogP contribution is 2.27. The van der Waals surface area contributed by atoms with Crippen molar-refractivity contribution in [2.24, 2.45) is 5.92 Å². The highest BCUT2D eigenvalue weighted by atomic mass is 16.5. The molecule has 0 aliphatic rings. The summed E-state index contributed by atoms with van der Waals surface area (Å²) in [6.45, 7) is 3.29. The molecule has 0 saturated heterocycles. The SMILES string of the molecule is COc1ccc(CNCC(C)C#N)cc1OC. The van der Waals surface area contributed by atoms with Crippen molar-refractivity contribution in [2.75, 3.05) is 20.8 Å². The molecule has 1 N–H and O–H groups in total. The van der Waals surface area contributed by atoms with Crippen molar-refractivity contribution in [1.82, 2.24) is 5.32 Å². The van der Waals surface area contributed by atoms with Crippen molar-refractivity contribution in [3.63, 3.8) is 0 Å². The Morgan fingerprint density at radius 2 is 2.00 bits per heavy atom. The molecule has 0 radical (unpaired) electrons. The Morgan fingerprint density at radius 1 is 1.29 bits per heavy atom. The van der Waals surface area contributed by atoms with E-state index >= 15 is 0 Å². The molecule has 0 aliphatic carbocycles. The van der Waals surface area contributed by atoms with E-state index in [2.05, 4.69) is 11.4 Å². The molecule has 0 bridgehead atoms. The number of hydrogen-bond acceptors (Lipinski definition) is 4. The third-order valence-electron chi connectivity index (χ3n) is 2.45. The standard InChI is InChI=1S/C13H18N2O2/c1-10(7-14)8-15-9-11-4-5-12(16-2)13(6-11)17-3/h4-6,10,15H,8-9H2,1-3H3. The quantitative estimate of drug-likeness (QED) is 0.817. The molecule has 0 saturated carbocycles. The van der Waals surface area contributed by atoms with Gasteiger partial charge >= 0.3 is 0 Å². The Bertz CT molecular complexity index is 399. The molecule has 1 aromatic carbocycles. The number of hydrogen-bond donors (Lipinski definition) is 1. The average Bonchev–Trinajstić information content (AvgIpc) is 2.38. The van der Waals surface area contributed by atoms with Crippen molar-refractivity contribution >= 4 is 0 Å². The van der Waals surface area contributed by atoms with Gasteiger partial charge < -0.3 is 14.8 Å². The fraction of sp³-hybridized carbons (Fsp3) is 0.462. The highest BCUT2D eigenvalue weighted by Gasteiger charge is 2.04. The number of nitrogens with zero attached hydrogens (tertiary/aromatic N) is 1. The predicted molar refractivity (Wildman–Crippen MR) is 66.0 cm³/mol. The molecule has 0 aromatic heterocycles. The fourth-order valence-corrected chi connectivity index (χ4v) is 1.47. The molecule has 1 unspecified atom stereocenters. The van der Waals surface area contributed by atoms with Gasteiger partial charge in [-0.25, -0.2) is 0 Å². The Kier molecular flexibility index (Phi) is 5.31. The van der Waals surface area contributed by atoms with Crippen molar-refractivity contribution in [2.45, 2.75) is 13.5 Å². The second-order valence-corrected chi connectivity index (χ2v) is 3.85. The summed E-state index contributed by atoms with van der Waals surface area (Å²) in [5.74, 6) is 1.47. The fourth-order valence-electron chi connectivity index (χ4n) is 1.47. The van der Waals surface area contributed by atoms with Crippen LogP contribution in [0, 0.1) is 17.2 Å². The molecule has 1 atom stereocenters. The van der Waals surface area contributed by atoms with E-state index in [-0.39, 0.29) is 5.92 Å². The van der Waals surface area contributed by atoms with Gasteiger partial charge in [0.1, 0.15) is 0 Å². The van der Waals surface area contributed by atoms with Crippen molar-refractivity contribution < 1.29 is 9.47 Å². The van der Waals surface area contributed by atoms with E-state index in [9.17, 15) is 0 Å². The van der Waals surface area contributed by atoms with Gasteiger partial charge in [-0.05, 0) is 24.6 Å². The summed E-state index contributed by atoms with van der Waals surface area (Å²) in [7, 11) is 3.23. The number of methoxy groups -OCH3 is 2. The molecule has 4 heteroatoms. The summed E-state index contributed by atoms with van der Waals surface area (Å²) in [5.41, 5.74) is 1.10. The van der Waals surface area contributed by atoms with E-state index in [1.165, 1.54) is 0 Å². The summed E-state index contributed by atoms with van der Waals surface area (Å²) >= 11 is 0. The molecular weight excluding hydrogens is 216 g/mol. The number of nitrogens with one attached hydrogen (secondary N) is 1. The number of rotatable bonds is 6. The average molecular weight is 234 g/mol. The third kappa shape index (κ3) is 3.97. The van der Waals surface area contributed by atoms with Crippen LogP contribution in [0.4, 0.5) is 0 Å². The molecule has 0 heterocycles. The largest absolute Gasteiger partial charge is 0.493 e. The van der Waals surface area contributed by atoms with E-state index in [0.29, 0.717) is 13.1 Å². The Morgan fingerprint density at radius 3 is 2.59 bits per heavy atom. The molecule has 0 fully saturated rings. The van der Waals surface area contributed by atoms with E-state index in [4.69, 9.17) is 14.7 Å². The lowest BCUT2D eigenvalue weighted by molar-refractivity contribution is 0.354. The monoisotopic (exact) mass is 234 g/mol. The summed E-state index contributed by atoms with van der Waals surface area (Å²) < 4.78 is 10.4. The minimum atomic E-state index is 0.0233. The topological polar surface area (TPSA) is 54.3 Å². The van der Waals surface area contributed by atoms with Crippen LogP contribution in [0.3, 0.4) is 0 Å². The first kappa shape index (κ1) is 13.3. The molecule has 0 aliphatic heterocycles. The van der Waals surface area contributed by atoms with E-state index in [1.807, 2.05) is 25.1 Å². The minimum absolute atomic E-state index is 0.0233. The zero-order valence-corrected chi connectivity index (χ0v) is 10.5. The van der Waals surface area contributed by atoms with Crippen LogP contribution in [0.15, 0.2) is 18.2 Å². The molecule has 1 rings (SSSR count). The lowest BCUT2D eigenvalue weighted by Gasteiger charge is -2.10. The van der Waals surface area contributed by atoms with E-state index < -0.39 is 0 Å². The maximum atomic E-state index is 8.66. The van der Waals surface area contributed by atoms with Crippen LogP contribution in [0.5, 0.6) is 11.5 Å². The van der Waals surface area contributed by atoms with Gasteiger partial charge in [-0.15, -0.1) is 0 Å². The second kappa shape index (κ2) is 6.77. The number of nitriles is 1. The van der Waals surface area contributed by atoms with Gasteiger partial charge in [-0.3, -0.25) is 0 Å². The van der Waals surface area contributed by atoms with E-state index in [1.54, 1.807) is 14.2 Å². The van der Waals surface area contributed by atoms with Crippen molar-refractivity contribution in [3.05, 3.63) is 23.8 Å². The lowest BCUT2D eigenvalue weighted by Crippen LogP contribution is -2.19. The van der Waals surface area contributed by atoms with Crippen LogP contribution >= 0.6 is 0 Å². The van der Waals surface area contributed by atoms with Gasteiger partial charge in [0.05, 0.1) is 26.2 Å². The van der Waals surface area contributed by atoms with Crippen molar-refractivity contribution in [1.29, 1.82) is 5.26 Å². The number of ether oxygens (including phenoxy) is 2. The van der Waals surface area contributed by atoms with Gasteiger partial charge in [-0.1, -0.05) is 6.07 Å². The Hall–Kier alpha value is -1.73. The van der Waals surface area contributed by atoms with Gasteiger partial charge in [0.2, 0.25) is 0 Å². The smallest absolute Gasteiger partial charge is 0.161 e. The Balaban J connectivity index is 2.58. The normalized spacial score (nSPS) is 11.6. The zero-order chi connectivity index (χ0) is 12.7. The molecule has 92 valence electrons. The zero-order valence-electron chi connectivity index (χ0n) is 10.5. The minimum Gasteiger partial charge on any atom is -0.493 e. The first-order valence-electron chi connectivity index (χ1n) is 5.52. The molecular formula is C13H18N2O2. The third-order valence-corrected chi connectivity index (χ3v) is 2.45. The summed E-state index contributed by atoms with van der Waals surface area (Å²) in [6.07, 6.45) is 0. The van der Waals surface area contributed by atoms with Gasteiger partial charge in [0.25, 0.3) is 0 Å². The molecule has 1 aromatic rings. The van der Waals surface area contributed by atoms with Gasteiger partial charge in [0.15, 0.2) is 11.5 Å². The summed E-state index contributed by atoms with van der Waals surface area (Å²) in [4.78, 5) is 0. The molecule has 0 amide bonds. The Labute approximate surface area is 102 Å². The van der Waals surface area contributed by atoms with E-state index in [0.717, 1.165) is 17.1 Å². The maximum absolute atomic E-state index is 8.66. The van der Waals surface area contributed by atoms with Gasteiger partial charge in [0, 0.05) is 13.1 Å². The highest BCUT2D eigenvalue weighted by molar-refractivity contribution is 5.42. The number of benzene rings is 1. The summed E-state index contributed by atoms with van der Waals surface area (Å²) in [6, 6.07) is 7.97. The maximum Gasteiger partial charge on any atom is 0.161 e. The van der Waals surface area contributed by atoms with Crippen LogP contribution in [0.25, 0.3) is 0 Å². The van der Waals surface area contributed by atoms with Gasteiger partial charge in [-0.2, -0.15) is 5.26 Å². The van der Waals surface area contributed by atoms with Crippen LogP contribution in [-0.4, -0.2) is 20.8 Å². The summed E-state index contributed by atoms with van der Waals surface area (Å²) in [5, 5.41) is 11.9. The predicted octanol–water partition coefficient (Wildman–Crippen LogP) is 1.95. The molecule has 4 nitrogen and oxygen atoms in total. The molecule has 17 heavy (non-hydrogen) atoms. The first-order chi connectivity index (χ1) is 8.21. The van der Waals surface area contributed by atoms with Crippen LogP contribution in [-0.2, 0) is 6.54 Å². The second-order valence-electron chi connectivity index (χ2n) is 3.85. The first-order valence-corrected chi connectivity index (χ1v) is 5.52. The van der Waals surface area contributed by atoms with Crippen LogP contribution in [0.1, 0.15) is 12.5 Å². The van der Waals surface area contributed by atoms with Crippen LogP contribution in [0.2, 0.25) is 0 Å². The lowest BCUT2D eigenvalue weighted by atomic mass is 10.1.